The number of anilines is 2. The van der Waals surface area contributed by atoms with Crippen molar-refractivity contribution in [3.05, 3.63) is 165 Å². The minimum Gasteiger partial charge on any atom is -0.463 e. The van der Waals surface area contributed by atoms with Crippen molar-refractivity contribution in [2.24, 2.45) is 5.92 Å². The molecule has 0 aromatic heterocycles. The highest BCUT2D eigenvalue weighted by molar-refractivity contribution is 8.78. The third-order valence-corrected chi connectivity index (χ3v) is 27.8. The first-order valence-electron chi connectivity index (χ1n) is 38.1. The molecule has 0 amide bonds. The molecule has 3 fully saturated rings. The van der Waals surface area contributed by atoms with Crippen molar-refractivity contribution in [2.75, 3.05) is 108 Å². The van der Waals surface area contributed by atoms with E-state index in [1.54, 1.807) is 30.0 Å². The first-order valence-corrected chi connectivity index (χ1v) is 46.4. The van der Waals surface area contributed by atoms with Crippen molar-refractivity contribution < 1.29 is 84.6 Å². The molecule has 3 heterocycles. The Kier molecular flexibility index (Phi) is 43.2. The Labute approximate surface area is 676 Å². The molecule has 0 spiro atoms. The zero-order valence-electron chi connectivity index (χ0n) is 64.2. The van der Waals surface area contributed by atoms with Gasteiger partial charge in [0.05, 0.1) is 68.8 Å². The van der Waals surface area contributed by atoms with Crippen molar-refractivity contribution >= 4 is 141 Å². The van der Waals surface area contributed by atoms with Gasteiger partial charge < -0.3 is 47.9 Å². The molecular weight excluding hydrogens is 1540 g/mol. The second kappa shape index (κ2) is 51.9. The second-order valence-electron chi connectivity index (χ2n) is 27.2. The number of aryl methyl sites for hydroxylation is 1. The fourth-order valence-electron chi connectivity index (χ4n) is 12.0. The van der Waals surface area contributed by atoms with Crippen LogP contribution in [0.15, 0.2) is 126 Å². The van der Waals surface area contributed by atoms with Gasteiger partial charge in [-0.3, -0.25) is 24.0 Å². The molecule has 1 aliphatic carbocycles. The Morgan fingerprint density at radius 3 is 1.53 bits per heavy atom. The monoisotopic (exact) mass is 1650 g/mol. The molecule has 110 heavy (non-hydrogen) atoms. The maximum atomic E-state index is 13.0. The Morgan fingerprint density at radius 2 is 1.04 bits per heavy atom. The second-order valence-corrected chi connectivity index (χ2v) is 36.5. The van der Waals surface area contributed by atoms with Gasteiger partial charge in [0.25, 0.3) is 0 Å². The number of nitrogens with one attached hydrogen (secondary N) is 1. The molecule has 4 atom stereocenters. The molecular formula is C84H108F3NO15S7. The molecule has 3 saturated heterocycles. The topological polar surface area (TPSA) is 198 Å². The smallest absolute Gasteiger partial charge is 0.416 e. The third-order valence-electron chi connectivity index (χ3n) is 18.0. The highest BCUT2D eigenvalue weighted by atomic mass is 33.1. The Bertz CT molecular complexity index is 3680. The van der Waals surface area contributed by atoms with E-state index in [1.165, 1.54) is 78.0 Å². The van der Waals surface area contributed by atoms with E-state index in [1.807, 2.05) is 83.8 Å². The van der Waals surface area contributed by atoms with Gasteiger partial charge in [0.2, 0.25) is 0 Å². The van der Waals surface area contributed by atoms with Gasteiger partial charge in [-0.15, -0.1) is 11.8 Å². The molecule has 26 heteroatoms. The van der Waals surface area contributed by atoms with E-state index in [9.17, 15) is 41.9 Å². The minimum atomic E-state index is -4.47. The number of ether oxygens (including phenoxy) is 9. The van der Waals surface area contributed by atoms with E-state index in [0.717, 1.165) is 119 Å². The summed E-state index contributed by atoms with van der Waals surface area (Å²) in [6.45, 7) is 12.8. The summed E-state index contributed by atoms with van der Waals surface area (Å²) in [4.78, 5) is 74.2. The molecule has 602 valence electrons. The van der Waals surface area contributed by atoms with Gasteiger partial charge in [-0.2, -0.15) is 13.2 Å². The van der Waals surface area contributed by atoms with Crippen LogP contribution in [0.2, 0.25) is 0 Å². The van der Waals surface area contributed by atoms with Gasteiger partial charge in [0, 0.05) is 62.9 Å². The number of para-hydroxylation sites is 1. The van der Waals surface area contributed by atoms with E-state index in [4.69, 9.17) is 42.6 Å². The normalized spacial score (nSPS) is 16.5. The Morgan fingerprint density at radius 1 is 0.536 bits per heavy atom. The fourth-order valence-corrected chi connectivity index (χ4v) is 21.5. The number of fused-ring (bicyclic) bond motifs is 1. The average molecular weight is 1650 g/mol. The summed E-state index contributed by atoms with van der Waals surface area (Å²) >= 11 is 1.73. The lowest BCUT2D eigenvalue weighted by Gasteiger charge is -2.13. The summed E-state index contributed by atoms with van der Waals surface area (Å²) in [7, 11) is 11.7. The minimum absolute atomic E-state index is 0.0257. The van der Waals surface area contributed by atoms with Crippen LogP contribution in [0.4, 0.5) is 24.5 Å². The van der Waals surface area contributed by atoms with Crippen LogP contribution < -0.4 is 5.32 Å². The molecule has 5 aromatic rings. The number of rotatable bonds is 44. The lowest BCUT2D eigenvalue weighted by molar-refractivity contribution is -0.148. The maximum absolute atomic E-state index is 13.0. The number of alkyl halides is 3. The van der Waals surface area contributed by atoms with Gasteiger partial charge in [-0.1, -0.05) is 176 Å². The number of esters is 6. The third kappa shape index (κ3) is 35.4. The van der Waals surface area contributed by atoms with Crippen molar-refractivity contribution in [3.8, 4) is 0 Å². The number of hydrogen-bond donors (Lipinski definition) is 1. The van der Waals surface area contributed by atoms with Crippen LogP contribution in [-0.4, -0.2) is 154 Å². The maximum Gasteiger partial charge on any atom is 0.416 e. The standard InChI is InChI=1S/C33H40O5S3.C26H30F3NO5S2.C25H38O5S2/c1-23-8-13-28-29(21-25-9-11-26(39-3)12-10-25)24(2)30(31(28)20-23)22-33(35)38-18-16-36-15-17-37-32(34)7-5-4-6-27-14-19-40-41-27;27-26(28,29)19-6-5-7-20(18-19)30-23-10-3-2-9-22(23)25(32)35-16-14-33-13-15-34-24(31)11-4-1-8-21-12-17-36-37-21;1-19(2)18-21-8-10-22(11-9-21)20(3)25(27)30-16-14-28-13-15-29-24(26)7-5-4-6-23-12-17-31-32-23/h8-13,20-21,27H,4-7,14-19,22H2,1-3H3;2-3,5-7,9-10,18,21,30H,1,4,8,11-17H2;8-11,19-20,23H,4-7,12-18H2,1-3H3/b29-21-;;. The van der Waals surface area contributed by atoms with Gasteiger partial charge in [0.15, 0.2) is 0 Å². The molecule has 16 nitrogen and oxygen atoms in total. The number of carbonyl (C=O) groups excluding carboxylic acids is 6. The van der Waals surface area contributed by atoms with Crippen LogP contribution in [-0.2, 0) is 79.2 Å². The van der Waals surface area contributed by atoms with E-state index in [0.29, 0.717) is 55.9 Å². The summed E-state index contributed by atoms with van der Waals surface area (Å²) in [5.74, 6) is 2.26. The van der Waals surface area contributed by atoms with Crippen LogP contribution in [0.25, 0.3) is 17.2 Å². The number of carbonyl (C=O) groups is 6. The molecule has 0 radical (unpaired) electrons. The van der Waals surface area contributed by atoms with Crippen LogP contribution in [0, 0.1) is 12.8 Å². The number of allylic oxidation sites excluding steroid dienone is 2. The molecule has 3 aliphatic heterocycles. The van der Waals surface area contributed by atoms with Gasteiger partial charge in [-0.05, 0) is 190 Å². The zero-order chi connectivity index (χ0) is 78.7. The van der Waals surface area contributed by atoms with E-state index < -0.39 is 17.7 Å². The molecule has 9 rings (SSSR count). The van der Waals surface area contributed by atoms with Gasteiger partial charge in [0.1, 0.15) is 39.6 Å². The number of benzene rings is 5. The Hall–Kier alpha value is -5.68. The van der Waals surface area contributed by atoms with Crippen LogP contribution in [0.5, 0.6) is 0 Å². The van der Waals surface area contributed by atoms with E-state index in [-0.39, 0.29) is 113 Å². The van der Waals surface area contributed by atoms with Crippen molar-refractivity contribution in [3.63, 3.8) is 0 Å². The first kappa shape index (κ1) is 91.5. The summed E-state index contributed by atoms with van der Waals surface area (Å²) in [6.07, 6.45) is 15.4. The van der Waals surface area contributed by atoms with Crippen LogP contribution in [0.1, 0.15) is 186 Å². The Balaban J connectivity index is 0.000000231. The average Bonchev–Trinajstić information content (AvgIpc) is 1.62. The van der Waals surface area contributed by atoms with Crippen molar-refractivity contribution in [1.82, 2.24) is 0 Å². The fraction of sp³-hybridized carbons (Fsp3) is 0.524. The summed E-state index contributed by atoms with van der Waals surface area (Å²) in [5, 5.41) is 5.07. The number of thioether (sulfide) groups is 1. The SMILES string of the molecule is CC(C)Cc1ccc(C(C)C(=O)OCCOCCOC(=O)CCCCC2CCSS2)cc1.CSc1ccc(/C=C2/C(C)=C(CC(=O)OCCOCCOC(=O)CCCCC3CCSS3)c3cc(C)ccc32)cc1.O=C(CCCCC1CCSS1)OCCOCCOC(=O)c1ccccc1Nc1cccc(C(F)(F)F)c1. The van der Waals surface area contributed by atoms with Gasteiger partial charge in [-0.25, -0.2) is 4.79 Å². The number of unbranched alkanes of at least 4 members (excludes halogenated alkanes) is 3. The largest absolute Gasteiger partial charge is 0.463 e. The molecule has 4 unspecified atom stereocenters. The lowest BCUT2D eigenvalue weighted by atomic mass is 9.97. The lowest BCUT2D eigenvalue weighted by Crippen LogP contribution is -2.17. The highest BCUT2D eigenvalue weighted by Gasteiger charge is 2.31. The zero-order valence-corrected chi connectivity index (χ0v) is 69.9. The van der Waals surface area contributed by atoms with E-state index in [2.05, 4.69) is 99.9 Å². The number of halogens is 3. The summed E-state index contributed by atoms with van der Waals surface area (Å²) in [5.41, 5.74) is 9.92. The molecule has 0 bridgehead atoms. The van der Waals surface area contributed by atoms with Crippen molar-refractivity contribution in [1.29, 1.82) is 0 Å². The van der Waals surface area contributed by atoms with E-state index >= 15 is 0 Å². The first-order chi connectivity index (χ1) is 53.2. The quantitative estimate of drug-likeness (QED) is 0.0127. The highest BCUT2D eigenvalue weighted by Crippen LogP contribution is 2.45. The number of hydrogen-bond acceptors (Lipinski definition) is 23. The molecule has 1 N–H and O–H groups in total. The molecule has 0 saturated carbocycles. The summed E-state index contributed by atoms with van der Waals surface area (Å²) in [6, 6.07) is 34.2. The summed E-state index contributed by atoms with van der Waals surface area (Å²) < 4.78 is 86.8. The predicted molar refractivity (Wildman–Crippen MR) is 447 cm³/mol. The van der Waals surface area contributed by atoms with Crippen LogP contribution >= 0.6 is 76.5 Å². The van der Waals surface area contributed by atoms with Crippen molar-refractivity contribution in [2.45, 2.75) is 177 Å². The molecule has 5 aromatic carbocycles. The predicted octanol–water partition coefficient (Wildman–Crippen LogP) is 20.9. The molecule has 4 aliphatic rings. The van der Waals surface area contributed by atoms with Crippen LogP contribution in [0.3, 0.4) is 0 Å². The van der Waals surface area contributed by atoms with Gasteiger partial charge >= 0.3 is 42.0 Å².